The molecule has 0 aliphatic heterocycles. The fourth-order valence-electron chi connectivity index (χ4n) is 2.25. The normalized spacial score (nSPS) is 13.7. The van der Waals surface area contributed by atoms with Gasteiger partial charge < -0.3 is 9.84 Å². The fraction of sp³-hybridized carbons (Fsp3) is 0.533. The van der Waals surface area contributed by atoms with Crippen LogP contribution in [0.1, 0.15) is 48.7 Å². The Morgan fingerprint density at radius 3 is 2.58 bits per heavy atom. The highest BCUT2D eigenvalue weighted by Crippen LogP contribution is 2.35. The smallest absolute Gasteiger partial charge is 0.138 e. The van der Waals surface area contributed by atoms with Crippen LogP contribution in [0.3, 0.4) is 0 Å². The first-order valence-corrected chi connectivity index (χ1v) is 7.46. The zero-order chi connectivity index (χ0) is 14.0. The molecule has 0 radical (unpaired) electrons. The summed E-state index contributed by atoms with van der Waals surface area (Å²) >= 11 is 1.80. The molecule has 0 saturated carbocycles. The summed E-state index contributed by atoms with van der Waals surface area (Å²) in [5.41, 5.74) is 2.32. The third-order valence-corrected chi connectivity index (χ3v) is 4.30. The predicted octanol–water partition coefficient (Wildman–Crippen LogP) is 4.23. The second-order valence-electron chi connectivity index (χ2n) is 6.00. The van der Waals surface area contributed by atoms with Gasteiger partial charge in [0.2, 0.25) is 0 Å². The number of thiophene rings is 1. The lowest BCUT2D eigenvalue weighted by Crippen LogP contribution is -2.31. The van der Waals surface area contributed by atoms with Crippen LogP contribution in [0.5, 0.6) is 0 Å². The number of hydrogen-bond acceptors (Lipinski definition) is 4. The number of nitrogens with zero attached hydrogens (tertiary/aromatic N) is 1. The first-order chi connectivity index (χ1) is 8.89. The van der Waals surface area contributed by atoms with Crippen molar-refractivity contribution in [3.8, 4) is 0 Å². The topological polar surface area (TPSA) is 38.1 Å². The molecule has 4 heteroatoms. The molecule has 2 rings (SSSR count). The summed E-state index contributed by atoms with van der Waals surface area (Å²) in [6, 6.07) is 4.64. The molecular weight excluding hydrogens is 256 g/mol. The lowest BCUT2D eigenvalue weighted by atomic mass is 9.85. The lowest BCUT2D eigenvalue weighted by molar-refractivity contribution is 0.274. The molecule has 1 atom stereocenters. The number of aromatic nitrogens is 1. The molecule has 0 aliphatic rings. The molecule has 2 aromatic heterocycles. The van der Waals surface area contributed by atoms with Gasteiger partial charge in [0.15, 0.2) is 0 Å². The van der Waals surface area contributed by atoms with Crippen molar-refractivity contribution in [1.29, 1.82) is 0 Å². The van der Waals surface area contributed by atoms with E-state index in [1.807, 2.05) is 13.8 Å². The Morgan fingerprint density at radius 1 is 1.37 bits per heavy atom. The second kappa shape index (κ2) is 5.47. The van der Waals surface area contributed by atoms with Gasteiger partial charge in [-0.3, -0.25) is 0 Å². The summed E-state index contributed by atoms with van der Waals surface area (Å²) in [4.78, 5) is 1.37. The highest BCUT2D eigenvalue weighted by molar-refractivity contribution is 7.10. The zero-order valence-corrected chi connectivity index (χ0v) is 13.1. The number of rotatable bonds is 4. The van der Waals surface area contributed by atoms with Crippen molar-refractivity contribution in [2.45, 2.75) is 47.2 Å². The van der Waals surface area contributed by atoms with Crippen LogP contribution in [0, 0.1) is 19.3 Å². The molecule has 0 saturated heterocycles. The molecule has 0 fully saturated rings. The van der Waals surface area contributed by atoms with Crippen LogP contribution in [-0.2, 0) is 6.54 Å². The summed E-state index contributed by atoms with van der Waals surface area (Å²) < 4.78 is 5.22. The van der Waals surface area contributed by atoms with Crippen molar-refractivity contribution in [3.05, 3.63) is 39.4 Å². The van der Waals surface area contributed by atoms with Crippen LogP contribution in [0.15, 0.2) is 22.0 Å². The van der Waals surface area contributed by atoms with Crippen LogP contribution < -0.4 is 5.32 Å². The van der Waals surface area contributed by atoms with Crippen LogP contribution in [0.25, 0.3) is 0 Å². The van der Waals surface area contributed by atoms with E-state index in [9.17, 15) is 0 Å². The van der Waals surface area contributed by atoms with Crippen molar-refractivity contribution in [1.82, 2.24) is 10.5 Å². The third kappa shape index (κ3) is 3.25. The van der Waals surface area contributed by atoms with Crippen LogP contribution >= 0.6 is 11.3 Å². The van der Waals surface area contributed by atoms with E-state index in [1.165, 1.54) is 10.4 Å². The maximum Gasteiger partial charge on any atom is 0.138 e. The maximum atomic E-state index is 5.22. The van der Waals surface area contributed by atoms with E-state index < -0.39 is 0 Å². The second-order valence-corrected chi connectivity index (χ2v) is 6.98. The minimum Gasteiger partial charge on any atom is -0.361 e. The van der Waals surface area contributed by atoms with Gasteiger partial charge in [0.05, 0.1) is 5.69 Å². The number of aryl methyl sites for hydroxylation is 2. The molecule has 0 amide bonds. The van der Waals surface area contributed by atoms with Gasteiger partial charge in [-0.15, -0.1) is 11.3 Å². The average Bonchev–Trinajstić information content (AvgIpc) is 2.91. The molecular formula is C15H22N2OS. The molecule has 2 heterocycles. The molecule has 0 unspecified atom stereocenters. The van der Waals surface area contributed by atoms with E-state index in [2.05, 4.69) is 48.8 Å². The van der Waals surface area contributed by atoms with Gasteiger partial charge in [-0.25, -0.2) is 0 Å². The van der Waals surface area contributed by atoms with E-state index >= 15 is 0 Å². The first-order valence-electron chi connectivity index (χ1n) is 6.58. The van der Waals surface area contributed by atoms with Gasteiger partial charge in [0.25, 0.3) is 0 Å². The molecule has 1 N–H and O–H groups in total. The highest BCUT2D eigenvalue weighted by Gasteiger charge is 2.27. The van der Waals surface area contributed by atoms with E-state index in [1.54, 1.807) is 11.3 Å². The molecule has 19 heavy (non-hydrogen) atoms. The Labute approximate surface area is 119 Å². The molecule has 0 aromatic carbocycles. The summed E-state index contributed by atoms with van der Waals surface area (Å²) in [5, 5.41) is 9.79. The predicted molar refractivity (Wildman–Crippen MR) is 79.3 cm³/mol. The third-order valence-electron chi connectivity index (χ3n) is 3.36. The Balaban J connectivity index is 2.14. The minimum atomic E-state index is 0.170. The van der Waals surface area contributed by atoms with Crippen molar-refractivity contribution < 1.29 is 4.52 Å². The van der Waals surface area contributed by atoms with Gasteiger partial charge in [-0.05, 0) is 30.7 Å². The lowest BCUT2D eigenvalue weighted by Gasteiger charge is -2.31. The van der Waals surface area contributed by atoms with Gasteiger partial charge >= 0.3 is 0 Å². The van der Waals surface area contributed by atoms with E-state index in [0.29, 0.717) is 6.04 Å². The average molecular weight is 278 g/mol. The fourth-order valence-corrected chi connectivity index (χ4v) is 3.29. The van der Waals surface area contributed by atoms with Crippen LogP contribution in [0.2, 0.25) is 0 Å². The summed E-state index contributed by atoms with van der Waals surface area (Å²) in [6.45, 7) is 11.5. The summed E-state index contributed by atoms with van der Waals surface area (Å²) in [5.74, 6) is 0.906. The Hall–Kier alpha value is -1.13. The molecule has 3 nitrogen and oxygen atoms in total. The molecule has 0 aliphatic carbocycles. The van der Waals surface area contributed by atoms with Gasteiger partial charge in [0.1, 0.15) is 5.76 Å². The molecule has 2 aromatic rings. The van der Waals surface area contributed by atoms with Gasteiger partial charge in [0, 0.05) is 23.0 Å². The largest absolute Gasteiger partial charge is 0.361 e. The van der Waals surface area contributed by atoms with Gasteiger partial charge in [-0.2, -0.15) is 0 Å². The molecule has 0 bridgehead atoms. The van der Waals surface area contributed by atoms with Crippen molar-refractivity contribution in [3.63, 3.8) is 0 Å². The number of nitrogens with one attached hydrogen (secondary N) is 1. The molecule has 0 spiro atoms. The Bertz CT molecular complexity index is 503. The summed E-state index contributed by atoms with van der Waals surface area (Å²) in [6.07, 6.45) is 0. The van der Waals surface area contributed by atoms with E-state index in [4.69, 9.17) is 4.52 Å². The van der Waals surface area contributed by atoms with Gasteiger partial charge in [-0.1, -0.05) is 32.0 Å². The van der Waals surface area contributed by atoms with Crippen molar-refractivity contribution in [2.75, 3.05) is 0 Å². The highest BCUT2D eigenvalue weighted by atomic mass is 32.1. The van der Waals surface area contributed by atoms with Crippen molar-refractivity contribution in [2.24, 2.45) is 5.41 Å². The zero-order valence-electron chi connectivity index (χ0n) is 12.3. The monoisotopic (exact) mass is 278 g/mol. The van der Waals surface area contributed by atoms with E-state index in [-0.39, 0.29) is 5.41 Å². The van der Waals surface area contributed by atoms with E-state index in [0.717, 1.165) is 18.0 Å². The Morgan fingerprint density at radius 2 is 2.11 bits per heavy atom. The summed E-state index contributed by atoms with van der Waals surface area (Å²) in [7, 11) is 0. The Kier molecular flexibility index (Phi) is 4.11. The van der Waals surface area contributed by atoms with Crippen molar-refractivity contribution >= 4 is 11.3 Å². The first kappa shape index (κ1) is 14.3. The molecule has 104 valence electrons. The number of hydrogen-bond donors (Lipinski definition) is 1. The SMILES string of the molecule is Cc1noc(C)c1CN[C@H](c1cccs1)C(C)(C)C. The standard InChI is InChI=1S/C15H22N2OS/c1-10-12(11(2)18-17-10)9-16-14(15(3,4)5)13-7-6-8-19-13/h6-8,14,16H,9H2,1-5H3/t14-/m1/s1. The quantitative estimate of drug-likeness (QED) is 0.909. The van der Waals surface area contributed by atoms with Crippen LogP contribution in [-0.4, -0.2) is 5.16 Å². The maximum absolute atomic E-state index is 5.22. The van der Waals surface area contributed by atoms with Crippen LogP contribution in [0.4, 0.5) is 0 Å². The minimum absolute atomic E-state index is 0.170.